The lowest BCUT2D eigenvalue weighted by atomic mass is 10.1. The number of carbonyl (C=O) groups excluding carboxylic acids is 2. The van der Waals surface area contributed by atoms with Crippen LogP contribution >= 0.6 is 0 Å². The van der Waals surface area contributed by atoms with Crippen LogP contribution in [0.1, 0.15) is 89.5 Å². The number of nitrogens with one attached hydrogen (secondary N) is 2. The third-order valence-electron chi connectivity index (χ3n) is 4.80. The molecule has 1 aromatic carbocycles. The van der Waals surface area contributed by atoms with E-state index in [1.807, 2.05) is 31.2 Å². The van der Waals surface area contributed by atoms with Crippen LogP contribution in [0, 0.1) is 6.92 Å². The van der Waals surface area contributed by atoms with Gasteiger partial charge in [0.2, 0.25) is 5.91 Å². The summed E-state index contributed by atoms with van der Waals surface area (Å²) in [5.41, 5.74) is 5.82. The van der Waals surface area contributed by atoms with Gasteiger partial charge >= 0.3 is 0 Å². The van der Waals surface area contributed by atoms with Crippen LogP contribution < -0.4 is 15.6 Å². The van der Waals surface area contributed by atoms with Crippen molar-refractivity contribution in [1.82, 2.24) is 10.9 Å². The molecule has 0 radical (unpaired) electrons. The molecule has 0 aromatic heterocycles. The van der Waals surface area contributed by atoms with Crippen LogP contribution in [-0.4, -0.2) is 18.4 Å². The summed E-state index contributed by atoms with van der Waals surface area (Å²) >= 11 is 0. The fraction of sp³-hybridized carbons (Fsp3) is 0.652. The lowest BCUT2D eigenvalue weighted by Gasteiger charge is -2.10. The Balaban J connectivity index is 1.93. The van der Waals surface area contributed by atoms with Gasteiger partial charge in [0.1, 0.15) is 5.75 Å². The monoisotopic (exact) mass is 390 g/mol. The highest BCUT2D eigenvalue weighted by atomic mass is 16.5. The normalized spacial score (nSPS) is 10.5. The summed E-state index contributed by atoms with van der Waals surface area (Å²) in [4.78, 5) is 23.5. The molecule has 0 spiro atoms. The first-order chi connectivity index (χ1) is 13.6. The molecule has 2 amide bonds. The van der Waals surface area contributed by atoms with Crippen molar-refractivity contribution in [2.24, 2.45) is 0 Å². The molecule has 0 saturated heterocycles. The summed E-state index contributed by atoms with van der Waals surface area (Å²) in [5, 5.41) is 0. The number of para-hydroxylation sites is 1. The second kappa shape index (κ2) is 16.0. The van der Waals surface area contributed by atoms with Crippen molar-refractivity contribution in [2.75, 3.05) is 6.61 Å². The van der Waals surface area contributed by atoms with Crippen molar-refractivity contribution in [3.8, 4) is 5.75 Å². The molecule has 0 heterocycles. The zero-order valence-corrected chi connectivity index (χ0v) is 17.7. The number of aryl methyl sites for hydroxylation is 1. The SMILES string of the molecule is CCCCCCCCCCCCCC(=O)NNC(=O)COc1ccccc1C. The van der Waals surface area contributed by atoms with Crippen LogP contribution in [0.3, 0.4) is 0 Å². The Morgan fingerprint density at radius 1 is 0.786 bits per heavy atom. The molecule has 2 N–H and O–H groups in total. The van der Waals surface area contributed by atoms with E-state index in [1.54, 1.807) is 0 Å². The minimum absolute atomic E-state index is 0.121. The van der Waals surface area contributed by atoms with Gasteiger partial charge < -0.3 is 4.74 Å². The van der Waals surface area contributed by atoms with Crippen LogP contribution in [0.15, 0.2) is 24.3 Å². The minimum atomic E-state index is -0.365. The number of rotatable bonds is 15. The van der Waals surface area contributed by atoms with Gasteiger partial charge in [0.15, 0.2) is 6.61 Å². The molecule has 0 unspecified atom stereocenters. The average molecular weight is 391 g/mol. The smallest absolute Gasteiger partial charge is 0.276 e. The third kappa shape index (κ3) is 12.4. The van der Waals surface area contributed by atoms with E-state index < -0.39 is 0 Å². The summed E-state index contributed by atoms with van der Waals surface area (Å²) in [6.07, 6.45) is 14.2. The van der Waals surface area contributed by atoms with E-state index >= 15 is 0 Å². The molecule has 5 nitrogen and oxygen atoms in total. The molecule has 1 rings (SSSR count). The van der Waals surface area contributed by atoms with Crippen molar-refractivity contribution in [3.05, 3.63) is 29.8 Å². The zero-order valence-electron chi connectivity index (χ0n) is 17.7. The maximum atomic E-state index is 11.8. The molecule has 0 atom stereocenters. The fourth-order valence-corrected chi connectivity index (χ4v) is 3.05. The van der Waals surface area contributed by atoms with E-state index in [-0.39, 0.29) is 18.4 Å². The number of ether oxygens (including phenoxy) is 1. The largest absolute Gasteiger partial charge is 0.483 e. The molecule has 0 aliphatic carbocycles. The Labute approximate surface area is 170 Å². The van der Waals surface area contributed by atoms with Gasteiger partial charge in [0, 0.05) is 6.42 Å². The molecule has 1 aromatic rings. The van der Waals surface area contributed by atoms with E-state index in [4.69, 9.17) is 4.74 Å². The number of unbranched alkanes of at least 4 members (excludes halogenated alkanes) is 10. The highest BCUT2D eigenvalue weighted by Crippen LogP contribution is 2.15. The predicted molar refractivity (Wildman–Crippen MR) is 114 cm³/mol. The number of hydrogen-bond donors (Lipinski definition) is 2. The molecular weight excluding hydrogens is 352 g/mol. The topological polar surface area (TPSA) is 67.4 Å². The molecule has 0 fully saturated rings. The molecule has 0 saturated carbocycles. The van der Waals surface area contributed by atoms with Gasteiger partial charge in [0.05, 0.1) is 0 Å². The lowest BCUT2D eigenvalue weighted by Crippen LogP contribution is -2.43. The number of hydrazine groups is 1. The Bertz CT molecular complexity index is 561. The highest BCUT2D eigenvalue weighted by molar-refractivity contribution is 5.82. The molecule has 0 aliphatic rings. The first kappa shape index (κ1) is 24.0. The average Bonchev–Trinajstić information content (AvgIpc) is 2.70. The maximum absolute atomic E-state index is 11.8. The zero-order chi connectivity index (χ0) is 20.5. The first-order valence-corrected chi connectivity index (χ1v) is 10.9. The van der Waals surface area contributed by atoms with Gasteiger partial charge in [-0.2, -0.15) is 0 Å². The molecule has 5 heteroatoms. The van der Waals surface area contributed by atoms with Gasteiger partial charge in [0.25, 0.3) is 5.91 Å². The standard InChI is InChI=1S/C23H38N2O3/c1-3-4-5-6-7-8-9-10-11-12-13-18-22(26)24-25-23(27)19-28-21-17-15-14-16-20(21)2/h14-17H,3-13,18-19H2,1-2H3,(H,24,26)(H,25,27). The van der Waals surface area contributed by atoms with Crippen molar-refractivity contribution in [2.45, 2.75) is 90.9 Å². The third-order valence-corrected chi connectivity index (χ3v) is 4.80. The van der Waals surface area contributed by atoms with Gasteiger partial charge in [-0.25, -0.2) is 0 Å². The number of amides is 2. The lowest BCUT2D eigenvalue weighted by molar-refractivity contribution is -0.130. The van der Waals surface area contributed by atoms with E-state index in [0.29, 0.717) is 12.2 Å². The Hall–Kier alpha value is -2.04. The van der Waals surface area contributed by atoms with E-state index in [2.05, 4.69) is 17.8 Å². The van der Waals surface area contributed by atoms with Gasteiger partial charge in [-0.05, 0) is 25.0 Å². The Kier molecular flexibility index (Phi) is 13.7. The quantitative estimate of drug-likeness (QED) is 0.319. The second-order valence-electron chi connectivity index (χ2n) is 7.44. The van der Waals surface area contributed by atoms with Crippen molar-refractivity contribution in [1.29, 1.82) is 0 Å². The number of benzene rings is 1. The van der Waals surface area contributed by atoms with Crippen LogP contribution in [-0.2, 0) is 9.59 Å². The van der Waals surface area contributed by atoms with Crippen LogP contribution in [0.4, 0.5) is 0 Å². The highest BCUT2D eigenvalue weighted by Gasteiger charge is 2.06. The summed E-state index contributed by atoms with van der Waals surface area (Å²) in [6.45, 7) is 4.04. The minimum Gasteiger partial charge on any atom is -0.483 e. The predicted octanol–water partition coefficient (Wildman–Crippen LogP) is 5.22. The van der Waals surface area contributed by atoms with Crippen molar-refractivity contribution < 1.29 is 14.3 Å². The molecule has 158 valence electrons. The van der Waals surface area contributed by atoms with E-state index in [9.17, 15) is 9.59 Å². The fourth-order valence-electron chi connectivity index (χ4n) is 3.05. The molecular formula is C23H38N2O3. The number of hydrogen-bond acceptors (Lipinski definition) is 3. The molecule has 0 bridgehead atoms. The van der Waals surface area contributed by atoms with Crippen LogP contribution in [0.2, 0.25) is 0 Å². The van der Waals surface area contributed by atoms with E-state index in [1.165, 1.54) is 57.8 Å². The van der Waals surface area contributed by atoms with E-state index in [0.717, 1.165) is 18.4 Å². The maximum Gasteiger partial charge on any atom is 0.276 e. The Morgan fingerprint density at radius 3 is 1.93 bits per heavy atom. The van der Waals surface area contributed by atoms with Crippen LogP contribution in [0.5, 0.6) is 5.75 Å². The molecule has 0 aliphatic heterocycles. The second-order valence-corrected chi connectivity index (χ2v) is 7.44. The number of carbonyl (C=O) groups is 2. The summed E-state index contributed by atoms with van der Waals surface area (Å²) in [5.74, 6) is 0.153. The summed E-state index contributed by atoms with van der Waals surface area (Å²) in [7, 11) is 0. The summed E-state index contributed by atoms with van der Waals surface area (Å²) < 4.78 is 5.44. The first-order valence-electron chi connectivity index (χ1n) is 10.9. The van der Waals surface area contributed by atoms with Gasteiger partial charge in [-0.15, -0.1) is 0 Å². The van der Waals surface area contributed by atoms with Crippen LogP contribution in [0.25, 0.3) is 0 Å². The van der Waals surface area contributed by atoms with Gasteiger partial charge in [-0.3, -0.25) is 20.4 Å². The van der Waals surface area contributed by atoms with Gasteiger partial charge in [-0.1, -0.05) is 89.3 Å². The van der Waals surface area contributed by atoms with Crippen molar-refractivity contribution >= 4 is 11.8 Å². The summed E-state index contributed by atoms with van der Waals surface area (Å²) in [6, 6.07) is 7.50. The Morgan fingerprint density at radius 2 is 1.32 bits per heavy atom. The van der Waals surface area contributed by atoms with Crippen molar-refractivity contribution in [3.63, 3.8) is 0 Å². The molecule has 28 heavy (non-hydrogen) atoms.